The van der Waals surface area contributed by atoms with Crippen LogP contribution in [0.15, 0.2) is 54.6 Å². The molecule has 1 aliphatic rings. The van der Waals surface area contributed by atoms with Crippen molar-refractivity contribution in [3.05, 3.63) is 65.7 Å². The van der Waals surface area contributed by atoms with Gasteiger partial charge in [0.2, 0.25) is 0 Å². The zero-order valence-electron chi connectivity index (χ0n) is 14.6. The van der Waals surface area contributed by atoms with Gasteiger partial charge in [-0.25, -0.2) is 0 Å². The normalized spacial score (nSPS) is 16.7. The molecule has 3 heteroatoms. The second-order valence-corrected chi connectivity index (χ2v) is 6.43. The van der Waals surface area contributed by atoms with Crippen LogP contribution in [-0.2, 0) is 6.61 Å². The molecule has 2 aromatic carbocycles. The van der Waals surface area contributed by atoms with E-state index in [1.54, 1.807) is 0 Å². The highest BCUT2D eigenvalue weighted by molar-refractivity contribution is 5.30. The van der Waals surface area contributed by atoms with Crippen molar-refractivity contribution < 1.29 is 4.74 Å². The predicted molar refractivity (Wildman–Crippen MR) is 99.3 cm³/mol. The minimum absolute atomic E-state index is 0.528. The highest BCUT2D eigenvalue weighted by atomic mass is 16.5. The largest absolute Gasteiger partial charge is 0.489 e. The summed E-state index contributed by atoms with van der Waals surface area (Å²) in [4.78, 5) is 2.61. The van der Waals surface area contributed by atoms with Crippen molar-refractivity contribution in [2.75, 3.05) is 26.2 Å². The Morgan fingerprint density at radius 1 is 1.00 bits per heavy atom. The average Bonchev–Trinajstić information content (AvgIpc) is 2.66. The summed E-state index contributed by atoms with van der Waals surface area (Å²) in [6.07, 6.45) is 2.42. The SMILES string of the molecule is CCC[C@H](c1ccc(OCc2ccccc2)cc1)N1CCNCC1. The Labute approximate surface area is 145 Å². The fourth-order valence-corrected chi connectivity index (χ4v) is 3.35. The number of ether oxygens (including phenoxy) is 1. The number of hydrogen-bond acceptors (Lipinski definition) is 3. The maximum absolute atomic E-state index is 5.91. The van der Waals surface area contributed by atoms with E-state index in [2.05, 4.69) is 53.5 Å². The van der Waals surface area contributed by atoms with Gasteiger partial charge in [-0.05, 0) is 29.7 Å². The molecule has 0 amide bonds. The molecule has 1 heterocycles. The van der Waals surface area contributed by atoms with Gasteiger partial charge in [-0.1, -0.05) is 55.8 Å². The molecule has 0 unspecified atom stereocenters. The molecule has 0 bridgehead atoms. The van der Waals surface area contributed by atoms with Crippen LogP contribution in [-0.4, -0.2) is 31.1 Å². The summed E-state index contributed by atoms with van der Waals surface area (Å²) in [6, 6.07) is 19.5. The molecule has 0 spiro atoms. The van der Waals surface area contributed by atoms with E-state index in [0.29, 0.717) is 12.6 Å². The molecule has 1 fully saturated rings. The van der Waals surface area contributed by atoms with Gasteiger partial charge < -0.3 is 10.1 Å². The second-order valence-electron chi connectivity index (χ2n) is 6.43. The first-order chi connectivity index (χ1) is 11.9. The van der Waals surface area contributed by atoms with E-state index < -0.39 is 0 Å². The summed E-state index contributed by atoms with van der Waals surface area (Å²) in [5, 5.41) is 3.44. The van der Waals surface area contributed by atoms with Crippen LogP contribution < -0.4 is 10.1 Å². The smallest absolute Gasteiger partial charge is 0.119 e. The molecule has 1 N–H and O–H groups in total. The molecule has 24 heavy (non-hydrogen) atoms. The van der Waals surface area contributed by atoms with Crippen LogP contribution >= 0.6 is 0 Å². The van der Waals surface area contributed by atoms with E-state index in [9.17, 15) is 0 Å². The Bertz CT molecular complexity index is 591. The molecule has 1 aliphatic heterocycles. The standard InChI is InChI=1S/C21H28N2O/c1-2-6-21(23-15-13-22-14-16-23)19-9-11-20(12-10-19)24-17-18-7-4-3-5-8-18/h3-5,7-12,21-22H,2,6,13-17H2,1H3/t21-/m1/s1. The highest BCUT2D eigenvalue weighted by Crippen LogP contribution is 2.27. The van der Waals surface area contributed by atoms with Crippen LogP contribution in [0.3, 0.4) is 0 Å². The minimum atomic E-state index is 0.528. The molecule has 3 nitrogen and oxygen atoms in total. The van der Waals surface area contributed by atoms with Gasteiger partial charge in [0.1, 0.15) is 12.4 Å². The number of piperazine rings is 1. The summed E-state index contributed by atoms with van der Waals surface area (Å²) in [7, 11) is 0. The van der Waals surface area contributed by atoms with Crippen molar-refractivity contribution in [1.29, 1.82) is 0 Å². The third-order valence-corrected chi connectivity index (χ3v) is 4.67. The molecular formula is C21H28N2O. The summed E-state index contributed by atoms with van der Waals surface area (Å²) in [6.45, 7) is 7.35. The van der Waals surface area contributed by atoms with Gasteiger partial charge in [-0.3, -0.25) is 4.90 Å². The number of benzene rings is 2. The Hall–Kier alpha value is -1.84. The Morgan fingerprint density at radius 2 is 1.71 bits per heavy atom. The van der Waals surface area contributed by atoms with Crippen LogP contribution in [0.2, 0.25) is 0 Å². The van der Waals surface area contributed by atoms with Gasteiger partial charge >= 0.3 is 0 Å². The lowest BCUT2D eigenvalue weighted by Gasteiger charge is -2.35. The van der Waals surface area contributed by atoms with Gasteiger partial charge in [0.15, 0.2) is 0 Å². The van der Waals surface area contributed by atoms with E-state index in [4.69, 9.17) is 4.74 Å². The lowest BCUT2D eigenvalue weighted by molar-refractivity contribution is 0.164. The lowest BCUT2D eigenvalue weighted by atomic mass is 10.00. The van der Waals surface area contributed by atoms with Crippen molar-refractivity contribution in [3.8, 4) is 5.75 Å². The van der Waals surface area contributed by atoms with Crippen LogP contribution in [0, 0.1) is 0 Å². The molecule has 0 aliphatic carbocycles. The number of hydrogen-bond donors (Lipinski definition) is 1. The zero-order chi connectivity index (χ0) is 16.6. The quantitative estimate of drug-likeness (QED) is 0.833. The average molecular weight is 324 g/mol. The van der Waals surface area contributed by atoms with E-state index in [1.165, 1.54) is 24.0 Å². The van der Waals surface area contributed by atoms with Crippen LogP contribution in [0.5, 0.6) is 5.75 Å². The van der Waals surface area contributed by atoms with Crippen molar-refractivity contribution in [2.24, 2.45) is 0 Å². The monoisotopic (exact) mass is 324 g/mol. The molecule has 1 atom stereocenters. The number of nitrogens with one attached hydrogen (secondary N) is 1. The first kappa shape index (κ1) is 17.0. The van der Waals surface area contributed by atoms with Gasteiger partial charge in [0, 0.05) is 32.2 Å². The molecule has 0 aromatic heterocycles. The molecule has 1 saturated heterocycles. The van der Waals surface area contributed by atoms with Gasteiger partial charge in [-0.15, -0.1) is 0 Å². The first-order valence-corrected chi connectivity index (χ1v) is 9.08. The van der Waals surface area contributed by atoms with E-state index in [0.717, 1.165) is 31.9 Å². The summed E-state index contributed by atoms with van der Waals surface area (Å²) >= 11 is 0. The Balaban J connectivity index is 1.63. The topological polar surface area (TPSA) is 24.5 Å². The zero-order valence-corrected chi connectivity index (χ0v) is 14.6. The summed E-state index contributed by atoms with van der Waals surface area (Å²) in [5.74, 6) is 0.943. The van der Waals surface area contributed by atoms with Crippen molar-refractivity contribution in [2.45, 2.75) is 32.4 Å². The maximum Gasteiger partial charge on any atom is 0.119 e. The molecule has 3 rings (SSSR count). The fourth-order valence-electron chi connectivity index (χ4n) is 3.35. The van der Waals surface area contributed by atoms with Crippen LogP contribution in [0.25, 0.3) is 0 Å². The van der Waals surface area contributed by atoms with Crippen molar-refractivity contribution in [1.82, 2.24) is 10.2 Å². The lowest BCUT2D eigenvalue weighted by Crippen LogP contribution is -2.45. The fraction of sp³-hybridized carbons (Fsp3) is 0.429. The van der Waals surface area contributed by atoms with Crippen molar-refractivity contribution >= 4 is 0 Å². The summed E-state index contributed by atoms with van der Waals surface area (Å²) in [5.41, 5.74) is 2.61. The van der Waals surface area contributed by atoms with Gasteiger partial charge in [0.25, 0.3) is 0 Å². The Kier molecular flexibility index (Phi) is 6.27. The molecule has 0 radical (unpaired) electrons. The maximum atomic E-state index is 5.91. The van der Waals surface area contributed by atoms with Crippen LogP contribution in [0.4, 0.5) is 0 Å². The Morgan fingerprint density at radius 3 is 2.38 bits per heavy atom. The summed E-state index contributed by atoms with van der Waals surface area (Å²) < 4.78 is 5.91. The van der Waals surface area contributed by atoms with E-state index >= 15 is 0 Å². The number of nitrogens with zero attached hydrogens (tertiary/aromatic N) is 1. The molecule has 2 aromatic rings. The third-order valence-electron chi connectivity index (χ3n) is 4.67. The van der Waals surface area contributed by atoms with Crippen LogP contribution in [0.1, 0.15) is 36.9 Å². The van der Waals surface area contributed by atoms with Gasteiger partial charge in [-0.2, -0.15) is 0 Å². The first-order valence-electron chi connectivity index (χ1n) is 9.08. The molecule has 128 valence electrons. The van der Waals surface area contributed by atoms with E-state index in [1.807, 2.05) is 18.2 Å². The second kappa shape index (κ2) is 8.86. The molecule has 0 saturated carbocycles. The minimum Gasteiger partial charge on any atom is -0.489 e. The molecular weight excluding hydrogens is 296 g/mol. The number of rotatable bonds is 7. The van der Waals surface area contributed by atoms with Crippen molar-refractivity contribution in [3.63, 3.8) is 0 Å². The highest BCUT2D eigenvalue weighted by Gasteiger charge is 2.21. The van der Waals surface area contributed by atoms with Gasteiger partial charge in [0.05, 0.1) is 0 Å². The van der Waals surface area contributed by atoms with E-state index in [-0.39, 0.29) is 0 Å². The third kappa shape index (κ3) is 4.59. The predicted octanol–water partition coefficient (Wildman–Crippen LogP) is 4.01.